The zero-order chi connectivity index (χ0) is 15.9. The summed E-state index contributed by atoms with van der Waals surface area (Å²) in [6, 6.07) is 1.47. The quantitative estimate of drug-likeness (QED) is 0.845. The Morgan fingerprint density at radius 3 is 2.45 bits per heavy atom. The molecule has 1 aliphatic carbocycles. The van der Waals surface area contributed by atoms with Gasteiger partial charge in [0, 0.05) is 37.4 Å². The maximum atomic E-state index is 12.1. The highest BCUT2D eigenvalue weighted by Crippen LogP contribution is 2.35. The molecule has 2 aliphatic rings. The van der Waals surface area contributed by atoms with Gasteiger partial charge in [-0.05, 0) is 31.7 Å². The van der Waals surface area contributed by atoms with Crippen LogP contribution in [0.15, 0.2) is 17.2 Å². The summed E-state index contributed by atoms with van der Waals surface area (Å²) in [5.41, 5.74) is 0.588. The molecule has 1 saturated carbocycles. The summed E-state index contributed by atoms with van der Waals surface area (Å²) in [7, 11) is -3.37. The fraction of sp³-hybridized carbons (Fsp3) is 0.600. The zero-order valence-electron chi connectivity index (χ0n) is 12.5. The van der Waals surface area contributed by atoms with E-state index in [1.807, 2.05) is 4.90 Å². The number of halogens is 1. The molecule has 0 aromatic carbocycles. The van der Waals surface area contributed by atoms with Gasteiger partial charge in [0.05, 0.1) is 15.6 Å². The van der Waals surface area contributed by atoms with Crippen LogP contribution in [0.1, 0.15) is 37.3 Å². The summed E-state index contributed by atoms with van der Waals surface area (Å²) in [6.07, 6.45) is 6.18. The Labute approximate surface area is 135 Å². The van der Waals surface area contributed by atoms with Gasteiger partial charge in [0.2, 0.25) is 5.91 Å². The molecule has 2 heterocycles. The lowest BCUT2D eigenvalue weighted by atomic mass is 9.92. The molecule has 0 radical (unpaired) electrons. The van der Waals surface area contributed by atoms with E-state index in [-0.39, 0.29) is 22.6 Å². The van der Waals surface area contributed by atoms with Crippen LogP contribution >= 0.6 is 11.6 Å². The Balaban J connectivity index is 1.77. The minimum absolute atomic E-state index is 0.0604. The van der Waals surface area contributed by atoms with Crippen molar-refractivity contribution in [3.8, 4) is 0 Å². The molecule has 1 aromatic rings. The molecule has 120 valence electrons. The van der Waals surface area contributed by atoms with Crippen LogP contribution in [-0.4, -0.2) is 43.6 Å². The average Bonchev–Trinajstić information content (AvgIpc) is 3.30. The van der Waals surface area contributed by atoms with Crippen molar-refractivity contribution in [2.24, 2.45) is 5.92 Å². The number of hydrogen-bond acceptors (Lipinski definition) is 4. The number of hydrogen-bond donors (Lipinski definition) is 0. The lowest BCUT2D eigenvalue weighted by Gasteiger charge is -2.32. The van der Waals surface area contributed by atoms with Gasteiger partial charge in [0.25, 0.3) is 0 Å². The molecule has 22 heavy (non-hydrogen) atoms. The van der Waals surface area contributed by atoms with Crippen molar-refractivity contribution in [1.82, 2.24) is 9.88 Å². The van der Waals surface area contributed by atoms with E-state index >= 15 is 0 Å². The molecule has 3 rings (SSSR count). The van der Waals surface area contributed by atoms with Gasteiger partial charge in [-0.2, -0.15) is 0 Å². The SMILES string of the molecule is CS(=O)(=O)c1cc(Cl)cnc1C1CCN(C(=O)C2CC2)CC1. The van der Waals surface area contributed by atoms with Crippen LogP contribution in [0, 0.1) is 5.92 Å². The van der Waals surface area contributed by atoms with Crippen molar-refractivity contribution < 1.29 is 13.2 Å². The molecule has 0 bridgehead atoms. The Bertz CT molecular complexity index is 693. The van der Waals surface area contributed by atoms with Crippen LogP contribution in [0.5, 0.6) is 0 Å². The number of sulfone groups is 1. The topological polar surface area (TPSA) is 67.3 Å². The van der Waals surface area contributed by atoms with Crippen LogP contribution in [0.25, 0.3) is 0 Å². The molecule has 0 unspecified atom stereocenters. The molecule has 0 atom stereocenters. The third-order valence-corrected chi connectivity index (χ3v) is 5.70. The molecule has 0 N–H and O–H groups in total. The van der Waals surface area contributed by atoms with Gasteiger partial charge in [-0.1, -0.05) is 11.6 Å². The maximum absolute atomic E-state index is 12.1. The minimum atomic E-state index is -3.37. The Hall–Kier alpha value is -1.14. The Morgan fingerprint density at radius 1 is 1.27 bits per heavy atom. The molecule has 1 amide bonds. The summed E-state index contributed by atoms with van der Waals surface area (Å²) in [5.74, 6) is 0.549. The van der Waals surface area contributed by atoms with E-state index in [1.165, 1.54) is 18.5 Å². The summed E-state index contributed by atoms with van der Waals surface area (Å²) in [4.78, 5) is 18.5. The third kappa shape index (κ3) is 3.27. The van der Waals surface area contributed by atoms with Crippen LogP contribution in [0.2, 0.25) is 5.02 Å². The normalized spacial score (nSPS) is 20.2. The number of pyridine rings is 1. The number of aromatic nitrogens is 1. The van der Waals surface area contributed by atoms with Crippen molar-refractivity contribution in [3.05, 3.63) is 23.0 Å². The number of likely N-dealkylation sites (tertiary alicyclic amines) is 1. The molecule has 0 spiro atoms. The number of carbonyl (C=O) groups excluding carboxylic acids is 1. The standard InChI is InChI=1S/C15H19ClN2O3S/c1-22(20,21)13-8-12(16)9-17-14(13)10-4-6-18(7-5-10)15(19)11-2-3-11/h8-11H,2-7H2,1H3. The molecular formula is C15H19ClN2O3S. The summed E-state index contributed by atoms with van der Waals surface area (Å²) in [5, 5.41) is 0.325. The Kier molecular flexibility index (Phi) is 4.16. The second-order valence-corrected chi connectivity index (χ2v) is 8.60. The Morgan fingerprint density at radius 2 is 1.91 bits per heavy atom. The van der Waals surface area contributed by atoms with Gasteiger partial charge in [-0.3, -0.25) is 9.78 Å². The van der Waals surface area contributed by atoms with Gasteiger partial charge in [-0.15, -0.1) is 0 Å². The largest absolute Gasteiger partial charge is 0.342 e. The molecule has 1 aromatic heterocycles. The van der Waals surface area contributed by atoms with E-state index in [0.717, 1.165) is 25.7 Å². The number of piperidine rings is 1. The summed E-state index contributed by atoms with van der Waals surface area (Å²) < 4.78 is 23.9. The first-order chi connectivity index (χ1) is 10.4. The fourth-order valence-electron chi connectivity index (χ4n) is 3.00. The average molecular weight is 343 g/mol. The van der Waals surface area contributed by atoms with E-state index in [4.69, 9.17) is 11.6 Å². The van der Waals surface area contributed by atoms with E-state index < -0.39 is 9.84 Å². The van der Waals surface area contributed by atoms with E-state index in [0.29, 0.717) is 23.8 Å². The number of rotatable bonds is 3. The smallest absolute Gasteiger partial charge is 0.225 e. The first-order valence-corrected chi connectivity index (χ1v) is 9.77. The predicted octanol–water partition coefficient (Wildman–Crippen LogP) is 2.25. The number of carbonyl (C=O) groups is 1. The number of nitrogens with zero attached hydrogens (tertiary/aromatic N) is 2. The fourth-order valence-corrected chi connectivity index (χ4v) is 4.16. The summed E-state index contributed by atoms with van der Waals surface area (Å²) in [6.45, 7) is 1.35. The van der Waals surface area contributed by atoms with Gasteiger partial charge in [0.1, 0.15) is 0 Å². The minimum Gasteiger partial charge on any atom is -0.342 e. The molecule has 1 aliphatic heterocycles. The first-order valence-electron chi connectivity index (χ1n) is 7.50. The molecule has 5 nitrogen and oxygen atoms in total. The second-order valence-electron chi connectivity index (χ2n) is 6.18. The first kappa shape index (κ1) is 15.7. The van der Waals surface area contributed by atoms with Crippen molar-refractivity contribution in [2.75, 3.05) is 19.3 Å². The van der Waals surface area contributed by atoms with Crippen molar-refractivity contribution in [2.45, 2.75) is 36.5 Å². The highest BCUT2D eigenvalue weighted by molar-refractivity contribution is 7.90. The molecule has 1 saturated heterocycles. The van der Waals surface area contributed by atoms with Crippen LogP contribution in [0.4, 0.5) is 0 Å². The van der Waals surface area contributed by atoms with Crippen LogP contribution in [0.3, 0.4) is 0 Å². The van der Waals surface area contributed by atoms with Crippen molar-refractivity contribution in [3.63, 3.8) is 0 Å². The van der Waals surface area contributed by atoms with Crippen LogP contribution < -0.4 is 0 Å². The molecular weight excluding hydrogens is 324 g/mol. The maximum Gasteiger partial charge on any atom is 0.225 e. The zero-order valence-corrected chi connectivity index (χ0v) is 14.0. The van der Waals surface area contributed by atoms with Gasteiger partial charge in [-0.25, -0.2) is 8.42 Å². The van der Waals surface area contributed by atoms with E-state index in [1.54, 1.807) is 0 Å². The predicted molar refractivity (Wildman–Crippen MR) is 83.6 cm³/mol. The van der Waals surface area contributed by atoms with Gasteiger partial charge < -0.3 is 4.90 Å². The lowest BCUT2D eigenvalue weighted by molar-refractivity contribution is -0.133. The van der Waals surface area contributed by atoms with E-state index in [9.17, 15) is 13.2 Å². The highest BCUT2D eigenvalue weighted by atomic mass is 35.5. The lowest BCUT2D eigenvalue weighted by Crippen LogP contribution is -2.39. The van der Waals surface area contributed by atoms with Crippen molar-refractivity contribution >= 4 is 27.3 Å². The van der Waals surface area contributed by atoms with Crippen molar-refractivity contribution in [1.29, 1.82) is 0 Å². The number of amides is 1. The second kappa shape index (κ2) is 5.81. The van der Waals surface area contributed by atoms with Crippen LogP contribution in [-0.2, 0) is 14.6 Å². The molecule has 2 fully saturated rings. The monoisotopic (exact) mass is 342 g/mol. The molecule has 7 heteroatoms. The van der Waals surface area contributed by atoms with Gasteiger partial charge in [0.15, 0.2) is 9.84 Å². The third-order valence-electron chi connectivity index (χ3n) is 4.37. The summed E-state index contributed by atoms with van der Waals surface area (Å²) >= 11 is 5.89. The van der Waals surface area contributed by atoms with E-state index in [2.05, 4.69) is 4.98 Å². The van der Waals surface area contributed by atoms with Gasteiger partial charge >= 0.3 is 0 Å². The highest BCUT2D eigenvalue weighted by Gasteiger charge is 2.36.